The van der Waals surface area contributed by atoms with Crippen molar-refractivity contribution in [2.45, 2.75) is 47.2 Å². The van der Waals surface area contributed by atoms with E-state index < -0.39 is 0 Å². The van der Waals surface area contributed by atoms with Crippen LogP contribution in [0.3, 0.4) is 0 Å². The molecule has 0 saturated carbocycles. The van der Waals surface area contributed by atoms with Crippen LogP contribution in [0.2, 0.25) is 0 Å². The Balaban J connectivity index is 2.97. The van der Waals surface area contributed by atoms with Gasteiger partial charge in [-0.15, -0.1) is 0 Å². The van der Waals surface area contributed by atoms with Crippen molar-refractivity contribution < 1.29 is 0 Å². The first kappa shape index (κ1) is 16.5. The van der Waals surface area contributed by atoms with E-state index >= 15 is 0 Å². The fraction of sp³-hybridized carbons (Fsp3) is 0.625. The molecule has 0 saturated heterocycles. The summed E-state index contributed by atoms with van der Waals surface area (Å²) in [5, 5.41) is 3.51. The summed E-state index contributed by atoms with van der Waals surface area (Å²) in [6.45, 7) is 14.2. The average molecular weight is 327 g/mol. The molecule has 1 N–H and O–H groups in total. The molecular weight excluding hydrogens is 300 g/mol. The third-order valence-electron chi connectivity index (χ3n) is 3.06. The van der Waals surface area contributed by atoms with E-state index in [1.165, 1.54) is 11.3 Å². The highest BCUT2D eigenvalue weighted by Gasteiger charge is 2.12. The molecule has 19 heavy (non-hydrogen) atoms. The Morgan fingerprint density at radius 2 is 1.89 bits per heavy atom. The number of hydrogen-bond donors (Lipinski definition) is 1. The summed E-state index contributed by atoms with van der Waals surface area (Å²) in [6, 6.07) is 7.10. The van der Waals surface area contributed by atoms with Gasteiger partial charge in [-0.05, 0) is 30.5 Å². The molecule has 2 nitrogen and oxygen atoms in total. The van der Waals surface area contributed by atoms with Gasteiger partial charge in [0.15, 0.2) is 0 Å². The summed E-state index contributed by atoms with van der Waals surface area (Å²) in [5.74, 6) is 0.671. The normalized spacial score (nSPS) is 11.4. The van der Waals surface area contributed by atoms with Crippen molar-refractivity contribution in [1.82, 2.24) is 5.32 Å². The Morgan fingerprint density at radius 3 is 2.42 bits per heavy atom. The highest BCUT2D eigenvalue weighted by molar-refractivity contribution is 9.10. The minimum Gasteiger partial charge on any atom is -0.371 e. The molecule has 1 aromatic carbocycles. The van der Waals surface area contributed by atoms with Crippen LogP contribution in [-0.4, -0.2) is 19.1 Å². The molecule has 0 aromatic heterocycles. The predicted molar refractivity (Wildman–Crippen MR) is 88.8 cm³/mol. The van der Waals surface area contributed by atoms with E-state index in [0.717, 1.165) is 24.1 Å². The Hall–Kier alpha value is -0.540. The molecule has 0 spiro atoms. The van der Waals surface area contributed by atoms with E-state index in [9.17, 15) is 0 Å². The van der Waals surface area contributed by atoms with Crippen LogP contribution in [0.15, 0.2) is 22.7 Å². The van der Waals surface area contributed by atoms with Crippen molar-refractivity contribution in [2.24, 2.45) is 5.92 Å². The first-order chi connectivity index (χ1) is 8.93. The van der Waals surface area contributed by atoms with Gasteiger partial charge in [0.1, 0.15) is 0 Å². The first-order valence-electron chi connectivity index (χ1n) is 7.20. The number of benzene rings is 1. The lowest BCUT2D eigenvalue weighted by atomic mass is 10.1. The van der Waals surface area contributed by atoms with E-state index in [0.29, 0.717) is 12.0 Å². The predicted octanol–water partition coefficient (Wildman–Crippen LogP) is 4.43. The topological polar surface area (TPSA) is 15.3 Å². The van der Waals surface area contributed by atoms with E-state index in [2.05, 4.69) is 79.0 Å². The van der Waals surface area contributed by atoms with Crippen LogP contribution in [0.5, 0.6) is 0 Å². The second-order valence-corrected chi connectivity index (χ2v) is 6.66. The van der Waals surface area contributed by atoms with Gasteiger partial charge >= 0.3 is 0 Å². The Labute approximate surface area is 126 Å². The van der Waals surface area contributed by atoms with Crippen molar-refractivity contribution >= 4 is 21.6 Å². The zero-order chi connectivity index (χ0) is 14.4. The number of nitrogens with one attached hydrogen (secondary N) is 1. The van der Waals surface area contributed by atoms with Crippen molar-refractivity contribution in [1.29, 1.82) is 0 Å². The first-order valence-corrected chi connectivity index (χ1v) is 8.00. The number of anilines is 1. The van der Waals surface area contributed by atoms with E-state index in [-0.39, 0.29) is 0 Å². The number of rotatable bonds is 7. The average Bonchev–Trinajstić information content (AvgIpc) is 2.34. The van der Waals surface area contributed by atoms with Gasteiger partial charge in [-0.2, -0.15) is 0 Å². The standard InChI is InChI=1S/C16H27BrN2/c1-6-19(11-12(2)3)16-9-15(17)8-7-14(16)10-18-13(4)5/h7-9,12-13,18H,6,10-11H2,1-5H3. The maximum absolute atomic E-state index is 3.59. The molecule has 108 valence electrons. The lowest BCUT2D eigenvalue weighted by Crippen LogP contribution is -2.30. The third-order valence-corrected chi connectivity index (χ3v) is 3.55. The molecule has 0 fully saturated rings. The van der Waals surface area contributed by atoms with Gasteiger partial charge in [0.2, 0.25) is 0 Å². The Kier molecular flexibility index (Phi) is 6.87. The lowest BCUT2D eigenvalue weighted by molar-refractivity contribution is 0.582. The smallest absolute Gasteiger partial charge is 0.0423 e. The monoisotopic (exact) mass is 326 g/mol. The van der Waals surface area contributed by atoms with Crippen molar-refractivity contribution in [2.75, 3.05) is 18.0 Å². The van der Waals surface area contributed by atoms with Gasteiger partial charge in [0, 0.05) is 35.8 Å². The summed E-state index contributed by atoms with van der Waals surface area (Å²) in [7, 11) is 0. The minimum atomic E-state index is 0.511. The van der Waals surface area contributed by atoms with Crippen LogP contribution in [0, 0.1) is 5.92 Å². The maximum Gasteiger partial charge on any atom is 0.0423 e. The Bertz CT molecular complexity index is 388. The number of hydrogen-bond acceptors (Lipinski definition) is 2. The van der Waals surface area contributed by atoms with Crippen LogP contribution >= 0.6 is 15.9 Å². The molecular formula is C16H27BrN2. The summed E-state index contributed by atoms with van der Waals surface area (Å²) < 4.78 is 1.15. The largest absolute Gasteiger partial charge is 0.371 e. The van der Waals surface area contributed by atoms with E-state index in [1.807, 2.05) is 0 Å². The third kappa shape index (κ3) is 5.53. The van der Waals surface area contributed by atoms with Crippen LogP contribution in [0.25, 0.3) is 0 Å². The highest BCUT2D eigenvalue weighted by atomic mass is 79.9. The molecule has 3 heteroatoms. The van der Waals surface area contributed by atoms with E-state index in [4.69, 9.17) is 0 Å². The van der Waals surface area contributed by atoms with Gasteiger partial charge < -0.3 is 10.2 Å². The maximum atomic E-state index is 3.59. The highest BCUT2D eigenvalue weighted by Crippen LogP contribution is 2.26. The zero-order valence-corrected chi connectivity index (χ0v) is 14.4. The van der Waals surface area contributed by atoms with Crippen LogP contribution in [0.4, 0.5) is 5.69 Å². The molecule has 0 unspecified atom stereocenters. The second-order valence-electron chi connectivity index (χ2n) is 5.74. The summed E-state index contributed by atoms with van der Waals surface area (Å²) in [4.78, 5) is 2.47. The SMILES string of the molecule is CCN(CC(C)C)c1cc(Br)ccc1CNC(C)C. The van der Waals surface area contributed by atoms with Gasteiger partial charge in [0.05, 0.1) is 0 Å². The van der Waals surface area contributed by atoms with Crippen molar-refractivity contribution in [3.05, 3.63) is 28.2 Å². The number of halogens is 1. The Morgan fingerprint density at radius 1 is 1.21 bits per heavy atom. The van der Waals surface area contributed by atoms with Crippen molar-refractivity contribution in [3.8, 4) is 0 Å². The van der Waals surface area contributed by atoms with Gasteiger partial charge in [-0.25, -0.2) is 0 Å². The van der Waals surface area contributed by atoms with Gasteiger partial charge in [-0.3, -0.25) is 0 Å². The second kappa shape index (κ2) is 7.91. The summed E-state index contributed by atoms with van der Waals surface area (Å²) in [5.41, 5.74) is 2.72. The molecule has 0 heterocycles. The zero-order valence-electron chi connectivity index (χ0n) is 12.8. The lowest BCUT2D eigenvalue weighted by Gasteiger charge is -2.28. The van der Waals surface area contributed by atoms with Gasteiger partial charge in [0.25, 0.3) is 0 Å². The van der Waals surface area contributed by atoms with E-state index in [1.54, 1.807) is 0 Å². The molecule has 0 radical (unpaired) electrons. The minimum absolute atomic E-state index is 0.511. The van der Waals surface area contributed by atoms with Crippen LogP contribution < -0.4 is 10.2 Å². The molecule has 0 bridgehead atoms. The summed E-state index contributed by atoms with van der Waals surface area (Å²) >= 11 is 3.59. The molecule has 0 aliphatic rings. The molecule has 1 aromatic rings. The molecule has 0 atom stereocenters. The quantitative estimate of drug-likeness (QED) is 0.797. The molecule has 0 amide bonds. The fourth-order valence-corrected chi connectivity index (χ4v) is 2.48. The molecule has 0 aliphatic heterocycles. The number of nitrogens with zero attached hydrogens (tertiary/aromatic N) is 1. The fourth-order valence-electron chi connectivity index (χ4n) is 2.13. The summed E-state index contributed by atoms with van der Waals surface area (Å²) in [6.07, 6.45) is 0. The molecule has 1 rings (SSSR count). The van der Waals surface area contributed by atoms with Crippen LogP contribution in [0.1, 0.15) is 40.2 Å². The van der Waals surface area contributed by atoms with Gasteiger partial charge in [-0.1, -0.05) is 49.7 Å². The van der Waals surface area contributed by atoms with Crippen molar-refractivity contribution in [3.63, 3.8) is 0 Å². The molecule has 0 aliphatic carbocycles. The van der Waals surface area contributed by atoms with Crippen LogP contribution in [-0.2, 0) is 6.54 Å².